The van der Waals surface area contributed by atoms with E-state index in [4.69, 9.17) is 14.5 Å². The van der Waals surface area contributed by atoms with E-state index in [-0.39, 0.29) is 5.82 Å². The average molecular weight is 364 g/mol. The summed E-state index contributed by atoms with van der Waals surface area (Å²) in [4.78, 5) is 4.71. The molecule has 6 heteroatoms. The van der Waals surface area contributed by atoms with Crippen molar-refractivity contribution in [2.45, 2.75) is 50.9 Å². The van der Waals surface area contributed by atoms with Gasteiger partial charge >= 0.3 is 0 Å². The molecule has 1 aromatic heterocycles. The molecule has 1 atom stereocenters. The summed E-state index contributed by atoms with van der Waals surface area (Å²) in [5.74, 6) is 1.40. The van der Waals surface area contributed by atoms with Gasteiger partial charge in [0.2, 0.25) is 0 Å². The zero-order chi connectivity index (χ0) is 17.6. The van der Waals surface area contributed by atoms with Gasteiger partial charge in [-0.15, -0.1) is 0 Å². The first-order valence-corrected chi connectivity index (χ1v) is 9.78. The van der Waals surface area contributed by atoms with Gasteiger partial charge in [0.05, 0.1) is 24.9 Å². The van der Waals surface area contributed by atoms with Crippen molar-refractivity contribution in [3.63, 3.8) is 0 Å². The third kappa shape index (κ3) is 4.98. The topological polar surface area (TPSA) is 36.3 Å². The van der Waals surface area contributed by atoms with E-state index in [2.05, 4.69) is 18.4 Å². The fourth-order valence-electron chi connectivity index (χ4n) is 2.88. The highest BCUT2D eigenvalue weighted by atomic mass is 32.2. The molecule has 1 aliphatic heterocycles. The van der Waals surface area contributed by atoms with Crippen LogP contribution in [0.5, 0.6) is 5.75 Å². The predicted molar refractivity (Wildman–Crippen MR) is 97.9 cm³/mol. The van der Waals surface area contributed by atoms with Crippen LogP contribution in [0.15, 0.2) is 29.4 Å². The van der Waals surface area contributed by atoms with E-state index in [1.807, 2.05) is 0 Å². The first-order valence-electron chi connectivity index (χ1n) is 8.80. The van der Waals surface area contributed by atoms with Gasteiger partial charge in [-0.1, -0.05) is 11.8 Å². The minimum Gasteiger partial charge on any atom is -0.494 e. The van der Waals surface area contributed by atoms with Gasteiger partial charge in [0.25, 0.3) is 0 Å². The lowest BCUT2D eigenvalue weighted by Gasteiger charge is -2.14. The Hall–Kier alpha value is -1.53. The van der Waals surface area contributed by atoms with Gasteiger partial charge in [-0.3, -0.25) is 0 Å². The van der Waals surface area contributed by atoms with Crippen LogP contribution in [0.3, 0.4) is 0 Å². The highest BCUT2D eigenvalue weighted by Crippen LogP contribution is 2.24. The highest BCUT2D eigenvalue weighted by Gasteiger charge is 2.20. The fraction of sp³-hybridized carbons (Fsp3) is 0.526. The molecule has 2 aromatic rings. The SMILES string of the molecule is Cc1nc(SCCCOc2ccc(F)cc2)n(CC2CCCO2)c1C. The van der Waals surface area contributed by atoms with Crippen LogP contribution in [0.25, 0.3) is 0 Å². The monoisotopic (exact) mass is 364 g/mol. The number of hydrogen-bond donors (Lipinski definition) is 0. The quantitative estimate of drug-likeness (QED) is 0.514. The van der Waals surface area contributed by atoms with Gasteiger partial charge in [0.15, 0.2) is 5.16 Å². The number of ether oxygens (including phenoxy) is 2. The van der Waals surface area contributed by atoms with Crippen LogP contribution in [-0.4, -0.2) is 34.6 Å². The van der Waals surface area contributed by atoms with E-state index in [1.54, 1.807) is 23.9 Å². The molecule has 1 saturated heterocycles. The molecule has 25 heavy (non-hydrogen) atoms. The Labute approximate surface area is 152 Å². The molecular weight excluding hydrogens is 339 g/mol. The largest absolute Gasteiger partial charge is 0.494 e. The molecular formula is C19H25FN2O2S. The van der Waals surface area contributed by atoms with Crippen molar-refractivity contribution in [2.24, 2.45) is 0 Å². The number of hydrogen-bond acceptors (Lipinski definition) is 4. The third-order valence-electron chi connectivity index (χ3n) is 4.44. The molecule has 0 saturated carbocycles. The molecule has 4 nitrogen and oxygen atoms in total. The van der Waals surface area contributed by atoms with Gasteiger partial charge in [0, 0.05) is 18.1 Å². The minimum atomic E-state index is -0.244. The van der Waals surface area contributed by atoms with E-state index < -0.39 is 0 Å². The minimum absolute atomic E-state index is 0.244. The van der Waals surface area contributed by atoms with Gasteiger partial charge in [0.1, 0.15) is 11.6 Å². The van der Waals surface area contributed by atoms with Gasteiger partial charge in [-0.05, 0) is 57.4 Å². The van der Waals surface area contributed by atoms with Gasteiger partial charge in [-0.25, -0.2) is 9.37 Å². The van der Waals surface area contributed by atoms with Crippen molar-refractivity contribution in [3.8, 4) is 5.75 Å². The van der Waals surface area contributed by atoms with E-state index in [0.29, 0.717) is 18.5 Å². The van der Waals surface area contributed by atoms with Gasteiger partial charge < -0.3 is 14.0 Å². The molecule has 0 spiro atoms. The standard InChI is InChI=1S/C19H25FN2O2S/c1-14-15(2)22(13-18-5-3-10-24-18)19(21-14)25-12-4-11-23-17-8-6-16(20)7-9-17/h6-9,18H,3-5,10-13H2,1-2H3. The Morgan fingerprint density at radius 3 is 2.84 bits per heavy atom. The van der Waals surface area contributed by atoms with Crippen molar-refractivity contribution in [2.75, 3.05) is 19.0 Å². The van der Waals surface area contributed by atoms with E-state index in [0.717, 1.165) is 49.0 Å². The Morgan fingerprint density at radius 2 is 2.12 bits per heavy atom. The second kappa shape index (κ2) is 8.72. The zero-order valence-electron chi connectivity index (χ0n) is 14.8. The fourth-order valence-corrected chi connectivity index (χ4v) is 3.90. The second-order valence-electron chi connectivity index (χ2n) is 6.32. The number of imidazole rings is 1. The van der Waals surface area contributed by atoms with Crippen LogP contribution in [0.4, 0.5) is 4.39 Å². The highest BCUT2D eigenvalue weighted by molar-refractivity contribution is 7.99. The lowest BCUT2D eigenvalue weighted by atomic mass is 10.2. The number of aryl methyl sites for hydroxylation is 1. The summed E-state index contributed by atoms with van der Waals surface area (Å²) >= 11 is 1.76. The smallest absolute Gasteiger partial charge is 0.168 e. The Bertz CT molecular complexity index is 681. The predicted octanol–water partition coefficient (Wildman–Crippen LogP) is 4.38. The van der Waals surface area contributed by atoms with Crippen molar-refractivity contribution in [3.05, 3.63) is 41.5 Å². The first kappa shape index (κ1) is 18.3. The van der Waals surface area contributed by atoms with Crippen molar-refractivity contribution >= 4 is 11.8 Å². The van der Waals surface area contributed by atoms with Crippen LogP contribution in [0.1, 0.15) is 30.7 Å². The molecule has 1 fully saturated rings. The maximum atomic E-state index is 12.9. The molecule has 0 bridgehead atoms. The molecule has 3 rings (SSSR count). The van der Waals surface area contributed by atoms with E-state index >= 15 is 0 Å². The molecule has 136 valence electrons. The number of benzene rings is 1. The Balaban J connectivity index is 1.47. The number of aromatic nitrogens is 2. The second-order valence-corrected chi connectivity index (χ2v) is 7.38. The molecule has 0 radical (unpaired) electrons. The molecule has 2 heterocycles. The van der Waals surface area contributed by atoms with Crippen molar-refractivity contribution in [1.82, 2.24) is 9.55 Å². The molecule has 1 aromatic carbocycles. The molecule has 1 aliphatic rings. The van der Waals surface area contributed by atoms with E-state index in [9.17, 15) is 4.39 Å². The third-order valence-corrected chi connectivity index (χ3v) is 5.50. The summed E-state index contributed by atoms with van der Waals surface area (Å²) in [5, 5.41) is 1.06. The average Bonchev–Trinajstić information content (AvgIpc) is 3.21. The van der Waals surface area contributed by atoms with Crippen LogP contribution in [0.2, 0.25) is 0 Å². The van der Waals surface area contributed by atoms with E-state index in [1.165, 1.54) is 17.8 Å². The summed E-state index contributed by atoms with van der Waals surface area (Å²) in [6.07, 6.45) is 3.51. The molecule has 0 N–H and O–H groups in total. The number of thioether (sulfide) groups is 1. The molecule has 0 aliphatic carbocycles. The summed E-state index contributed by atoms with van der Waals surface area (Å²) < 4.78 is 26.6. The normalized spacial score (nSPS) is 17.2. The van der Waals surface area contributed by atoms with Crippen LogP contribution in [0, 0.1) is 19.7 Å². The number of rotatable bonds is 8. The van der Waals surface area contributed by atoms with Gasteiger partial charge in [-0.2, -0.15) is 0 Å². The van der Waals surface area contributed by atoms with Crippen LogP contribution in [-0.2, 0) is 11.3 Å². The Kier molecular flexibility index (Phi) is 6.37. The zero-order valence-corrected chi connectivity index (χ0v) is 15.7. The summed E-state index contributed by atoms with van der Waals surface area (Å²) in [7, 11) is 0. The summed E-state index contributed by atoms with van der Waals surface area (Å²) in [6, 6.07) is 6.14. The maximum Gasteiger partial charge on any atom is 0.168 e. The molecule has 1 unspecified atom stereocenters. The lowest BCUT2D eigenvalue weighted by molar-refractivity contribution is 0.0945. The molecule has 0 amide bonds. The summed E-state index contributed by atoms with van der Waals surface area (Å²) in [5.41, 5.74) is 2.31. The Morgan fingerprint density at radius 1 is 1.32 bits per heavy atom. The lowest BCUT2D eigenvalue weighted by Crippen LogP contribution is -2.16. The van der Waals surface area contributed by atoms with Crippen molar-refractivity contribution in [1.29, 1.82) is 0 Å². The van der Waals surface area contributed by atoms with Crippen LogP contribution < -0.4 is 4.74 Å². The maximum absolute atomic E-state index is 12.9. The number of halogens is 1. The van der Waals surface area contributed by atoms with Crippen LogP contribution >= 0.6 is 11.8 Å². The first-order chi connectivity index (χ1) is 12.1. The number of nitrogens with zero attached hydrogens (tertiary/aromatic N) is 2. The summed E-state index contributed by atoms with van der Waals surface area (Å²) in [6.45, 7) is 6.56. The van der Waals surface area contributed by atoms with Crippen molar-refractivity contribution < 1.29 is 13.9 Å².